The van der Waals surface area contributed by atoms with Gasteiger partial charge < -0.3 is 15.7 Å². The predicted molar refractivity (Wildman–Crippen MR) is 108 cm³/mol. The number of carbonyl (C=O) groups is 3. The van der Waals surface area contributed by atoms with Gasteiger partial charge in [0.15, 0.2) is 0 Å². The van der Waals surface area contributed by atoms with Crippen molar-refractivity contribution in [2.75, 3.05) is 10.6 Å². The fraction of sp³-hybridized carbons (Fsp3) is 0. The van der Waals surface area contributed by atoms with Crippen LogP contribution in [0.5, 0.6) is 0 Å². The van der Waals surface area contributed by atoms with Crippen LogP contribution in [0.4, 0.5) is 11.4 Å². The zero-order valence-electron chi connectivity index (χ0n) is 13.7. The van der Waals surface area contributed by atoms with E-state index in [1.165, 1.54) is 29.5 Å². The maximum absolute atomic E-state index is 12.5. The maximum atomic E-state index is 12.5. The molecule has 27 heavy (non-hydrogen) atoms. The van der Waals surface area contributed by atoms with E-state index >= 15 is 0 Å². The molecule has 8 heteroatoms. The Morgan fingerprint density at radius 3 is 2.44 bits per heavy atom. The van der Waals surface area contributed by atoms with Crippen molar-refractivity contribution in [3.8, 4) is 0 Å². The molecule has 0 aliphatic heterocycles. The first-order valence-corrected chi connectivity index (χ1v) is 9.40. The van der Waals surface area contributed by atoms with Crippen molar-refractivity contribution in [3.63, 3.8) is 0 Å². The summed E-state index contributed by atoms with van der Waals surface area (Å²) in [5.41, 5.74) is 0.914. The average molecular weight is 445 g/mol. The number of rotatable bonds is 5. The van der Waals surface area contributed by atoms with E-state index in [1.54, 1.807) is 41.8 Å². The van der Waals surface area contributed by atoms with Crippen LogP contribution in [0.2, 0.25) is 0 Å². The fourth-order valence-electron chi connectivity index (χ4n) is 2.34. The third kappa shape index (κ3) is 4.60. The molecule has 3 N–H and O–H groups in total. The Kier molecular flexibility index (Phi) is 5.68. The van der Waals surface area contributed by atoms with Crippen LogP contribution in [0.3, 0.4) is 0 Å². The lowest BCUT2D eigenvalue weighted by Gasteiger charge is -2.10. The average Bonchev–Trinajstić information content (AvgIpc) is 3.18. The van der Waals surface area contributed by atoms with Crippen LogP contribution in [0.15, 0.2) is 64.5 Å². The Balaban J connectivity index is 1.78. The smallest absolute Gasteiger partial charge is 0.337 e. The van der Waals surface area contributed by atoms with Gasteiger partial charge in [0.25, 0.3) is 11.8 Å². The van der Waals surface area contributed by atoms with Gasteiger partial charge in [0.1, 0.15) is 0 Å². The molecule has 136 valence electrons. The normalized spacial score (nSPS) is 10.3. The summed E-state index contributed by atoms with van der Waals surface area (Å²) in [7, 11) is 0. The lowest BCUT2D eigenvalue weighted by atomic mass is 10.1. The Bertz CT molecular complexity index is 1020. The van der Waals surface area contributed by atoms with Crippen LogP contribution in [-0.2, 0) is 0 Å². The molecule has 0 unspecified atom stereocenters. The highest BCUT2D eigenvalue weighted by molar-refractivity contribution is 9.10. The van der Waals surface area contributed by atoms with Crippen LogP contribution >= 0.6 is 27.3 Å². The molecular weight excluding hydrogens is 432 g/mol. The van der Waals surface area contributed by atoms with Gasteiger partial charge in [-0.25, -0.2) is 4.79 Å². The molecule has 0 spiro atoms. The first kappa shape index (κ1) is 18.8. The van der Waals surface area contributed by atoms with Crippen molar-refractivity contribution in [1.29, 1.82) is 0 Å². The summed E-state index contributed by atoms with van der Waals surface area (Å²) in [4.78, 5) is 36.6. The summed E-state index contributed by atoms with van der Waals surface area (Å²) in [6, 6.07) is 14.5. The van der Waals surface area contributed by atoms with Crippen molar-refractivity contribution in [2.45, 2.75) is 0 Å². The second-order valence-corrected chi connectivity index (χ2v) is 7.32. The number of benzene rings is 2. The molecule has 2 aromatic carbocycles. The number of carbonyl (C=O) groups excluding carboxylic acids is 2. The number of halogens is 1. The predicted octanol–water partition coefficient (Wildman–Crippen LogP) is 4.71. The van der Waals surface area contributed by atoms with Gasteiger partial charge in [0, 0.05) is 15.7 Å². The number of carboxylic acids is 1. The number of hydrogen-bond donors (Lipinski definition) is 3. The quantitative estimate of drug-likeness (QED) is 0.530. The van der Waals surface area contributed by atoms with Crippen molar-refractivity contribution in [1.82, 2.24) is 0 Å². The van der Waals surface area contributed by atoms with E-state index in [-0.39, 0.29) is 17.2 Å². The fourth-order valence-corrected chi connectivity index (χ4v) is 3.32. The second-order valence-electron chi connectivity index (χ2n) is 5.46. The standard InChI is InChI=1S/C19H13BrN2O4S/c20-12-6-7-15(14(10-12)19(25)26)22-17(23)11-3-1-4-13(9-11)21-18(24)16-5-2-8-27-16/h1-10H,(H,21,24)(H,22,23)(H,25,26). The minimum Gasteiger partial charge on any atom is -0.478 e. The summed E-state index contributed by atoms with van der Waals surface area (Å²) in [5.74, 6) is -1.89. The Morgan fingerprint density at radius 1 is 0.926 bits per heavy atom. The summed E-state index contributed by atoms with van der Waals surface area (Å²) < 4.78 is 0.594. The molecule has 1 aromatic heterocycles. The highest BCUT2D eigenvalue weighted by Gasteiger charge is 2.15. The number of anilines is 2. The van der Waals surface area contributed by atoms with Gasteiger partial charge in [-0.1, -0.05) is 28.1 Å². The zero-order chi connectivity index (χ0) is 19.4. The summed E-state index contributed by atoms with van der Waals surface area (Å²) in [6.45, 7) is 0. The topological polar surface area (TPSA) is 95.5 Å². The Labute approximate surface area is 167 Å². The van der Waals surface area contributed by atoms with E-state index < -0.39 is 11.9 Å². The summed E-state index contributed by atoms with van der Waals surface area (Å²) in [6.07, 6.45) is 0. The van der Waals surface area contributed by atoms with Crippen LogP contribution < -0.4 is 10.6 Å². The van der Waals surface area contributed by atoms with Gasteiger partial charge >= 0.3 is 5.97 Å². The lowest BCUT2D eigenvalue weighted by Crippen LogP contribution is -2.16. The third-order valence-corrected chi connectivity index (χ3v) is 4.95. The third-order valence-electron chi connectivity index (χ3n) is 3.59. The van der Waals surface area contributed by atoms with Crippen molar-refractivity contribution in [3.05, 3.63) is 80.5 Å². The van der Waals surface area contributed by atoms with Crippen molar-refractivity contribution in [2.24, 2.45) is 0 Å². The molecule has 2 amide bonds. The molecule has 0 atom stereocenters. The summed E-state index contributed by atoms with van der Waals surface area (Å²) in [5, 5.41) is 16.4. The van der Waals surface area contributed by atoms with E-state index in [4.69, 9.17) is 0 Å². The molecule has 0 aliphatic carbocycles. The van der Waals surface area contributed by atoms with Crippen LogP contribution in [0.1, 0.15) is 30.4 Å². The van der Waals surface area contributed by atoms with Gasteiger partial charge in [-0.2, -0.15) is 0 Å². The molecule has 0 saturated carbocycles. The van der Waals surface area contributed by atoms with Gasteiger partial charge in [-0.3, -0.25) is 9.59 Å². The second kappa shape index (κ2) is 8.15. The maximum Gasteiger partial charge on any atom is 0.337 e. The largest absolute Gasteiger partial charge is 0.478 e. The SMILES string of the molecule is O=C(Nc1ccc(Br)cc1C(=O)O)c1cccc(NC(=O)c2cccs2)c1. The number of carboxylic acid groups (broad SMARTS) is 1. The molecule has 6 nitrogen and oxygen atoms in total. The molecule has 0 aliphatic rings. The molecule has 0 fully saturated rings. The zero-order valence-corrected chi connectivity index (χ0v) is 16.1. The van der Waals surface area contributed by atoms with E-state index in [9.17, 15) is 19.5 Å². The highest BCUT2D eigenvalue weighted by Crippen LogP contribution is 2.22. The minimum atomic E-state index is -1.15. The molecule has 3 aromatic rings. The van der Waals surface area contributed by atoms with Crippen molar-refractivity contribution >= 4 is 56.4 Å². The van der Waals surface area contributed by atoms with Crippen LogP contribution in [0.25, 0.3) is 0 Å². The molecule has 0 bridgehead atoms. The van der Waals surface area contributed by atoms with E-state index in [0.29, 0.717) is 20.6 Å². The minimum absolute atomic E-state index is 0.0279. The number of aromatic carboxylic acids is 1. The van der Waals surface area contributed by atoms with Gasteiger partial charge in [0.2, 0.25) is 0 Å². The van der Waals surface area contributed by atoms with E-state index in [1.807, 2.05) is 0 Å². The number of amides is 2. The van der Waals surface area contributed by atoms with Gasteiger partial charge in [0.05, 0.1) is 16.1 Å². The monoisotopic (exact) mass is 444 g/mol. The number of thiophene rings is 1. The highest BCUT2D eigenvalue weighted by atomic mass is 79.9. The summed E-state index contributed by atoms with van der Waals surface area (Å²) >= 11 is 4.53. The van der Waals surface area contributed by atoms with Crippen LogP contribution in [-0.4, -0.2) is 22.9 Å². The lowest BCUT2D eigenvalue weighted by molar-refractivity contribution is 0.0697. The van der Waals surface area contributed by atoms with Gasteiger partial charge in [-0.05, 0) is 47.8 Å². The first-order chi connectivity index (χ1) is 12.9. The molecular formula is C19H13BrN2O4S. The van der Waals surface area contributed by atoms with E-state index in [2.05, 4.69) is 26.6 Å². The van der Waals surface area contributed by atoms with Crippen LogP contribution in [0, 0.1) is 0 Å². The Hall–Kier alpha value is -2.97. The Morgan fingerprint density at radius 2 is 1.74 bits per heavy atom. The van der Waals surface area contributed by atoms with E-state index in [0.717, 1.165) is 0 Å². The first-order valence-electron chi connectivity index (χ1n) is 7.73. The molecule has 3 rings (SSSR count). The number of hydrogen-bond acceptors (Lipinski definition) is 4. The van der Waals surface area contributed by atoms with Crippen molar-refractivity contribution < 1.29 is 19.5 Å². The van der Waals surface area contributed by atoms with Gasteiger partial charge in [-0.15, -0.1) is 11.3 Å². The molecule has 1 heterocycles. The molecule has 0 saturated heterocycles. The molecule has 0 radical (unpaired) electrons. The number of nitrogens with one attached hydrogen (secondary N) is 2.